The zero-order valence-electron chi connectivity index (χ0n) is 12.7. The third-order valence-corrected chi connectivity index (χ3v) is 2.90. The van der Waals surface area contributed by atoms with Crippen LogP contribution in [-0.4, -0.2) is 28.8 Å². The average molecular weight is 411 g/mol. The lowest BCUT2D eigenvalue weighted by molar-refractivity contribution is 0.849. The summed E-state index contributed by atoms with van der Waals surface area (Å²) in [6.07, 6.45) is 4.74. The van der Waals surface area contributed by atoms with E-state index in [2.05, 4.69) is 22.0 Å². The Balaban J connectivity index is 0.00000242. The summed E-state index contributed by atoms with van der Waals surface area (Å²) in [4.78, 5) is 4.17. The van der Waals surface area contributed by atoms with Gasteiger partial charge in [0.25, 0.3) is 0 Å². The first kappa shape index (κ1) is 18.2. The van der Waals surface area contributed by atoms with E-state index in [0.717, 1.165) is 29.8 Å². The predicted molar refractivity (Wildman–Crippen MR) is 102 cm³/mol. The number of hydrogen-bond donors (Lipinski definition) is 2. The molecule has 0 amide bonds. The van der Waals surface area contributed by atoms with Crippen LogP contribution in [0.3, 0.4) is 0 Å². The van der Waals surface area contributed by atoms with Gasteiger partial charge in [0.2, 0.25) is 0 Å². The molecule has 1 heterocycles. The molecule has 0 bridgehead atoms. The van der Waals surface area contributed by atoms with Crippen molar-refractivity contribution in [1.82, 2.24) is 15.1 Å². The van der Waals surface area contributed by atoms with Gasteiger partial charge in [0, 0.05) is 12.7 Å². The first-order valence-electron chi connectivity index (χ1n) is 6.92. The number of nitrogens with zero attached hydrogens (tertiary/aromatic N) is 3. The highest BCUT2D eigenvalue weighted by Gasteiger charge is 2.00. The summed E-state index contributed by atoms with van der Waals surface area (Å²) in [6, 6.07) is 10.0. The second kappa shape index (κ2) is 9.24. The lowest BCUT2D eigenvalue weighted by atomic mass is 10.2. The number of benzene rings is 1. The van der Waals surface area contributed by atoms with Crippen molar-refractivity contribution < 1.29 is 0 Å². The van der Waals surface area contributed by atoms with E-state index in [9.17, 15) is 0 Å². The number of aliphatic imine (C=N–C) groups is 1. The minimum atomic E-state index is 0. The van der Waals surface area contributed by atoms with Gasteiger partial charge < -0.3 is 11.1 Å². The average Bonchev–Trinajstić information content (AvgIpc) is 2.95. The van der Waals surface area contributed by atoms with Gasteiger partial charge in [0.05, 0.1) is 18.4 Å². The molecule has 118 valence electrons. The number of nitrogens with one attached hydrogen (secondary N) is 1. The molecule has 1 aromatic heterocycles. The number of halogens is 1. The highest BCUT2D eigenvalue weighted by atomic mass is 127. The van der Waals surface area contributed by atoms with E-state index < -0.39 is 0 Å². The molecule has 0 saturated carbocycles. The molecule has 0 unspecified atom stereocenters. The van der Waals surface area contributed by atoms with Crippen LogP contribution in [0.1, 0.15) is 12.5 Å². The van der Waals surface area contributed by atoms with Crippen LogP contribution in [-0.2, 0) is 6.42 Å². The molecule has 22 heavy (non-hydrogen) atoms. The molecule has 0 atom stereocenters. The third kappa shape index (κ3) is 5.88. The molecular weight excluding hydrogens is 389 g/mol. The van der Waals surface area contributed by atoms with E-state index in [1.54, 1.807) is 0 Å². The van der Waals surface area contributed by atoms with Crippen LogP contribution in [0.15, 0.2) is 59.9 Å². The molecule has 3 N–H and O–H groups in total. The Labute approximate surface area is 148 Å². The Bertz CT molecular complexity index is 618. The van der Waals surface area contributed by atoms with Crippen LogP contribution in [0, 0.1) is 0 Å². The number of rotatable bonds is 6. The maximum absolute atomic E-state index is 5.76. The zero-order valence-corrected chi connectivity index (χ0v) is 15.0. The molecule has 0 aliphatic carbocycles. The van der Waals surface area contributed by atoms with Crippen molar-refractivity contribution in [3.63, 3.8) is 0 Å². The van der Waals surface area contributed by atoms with Gasteiger partial charge in [0.15, 0.2) is 5.96 Å². The fraction of sp³-hybridized carbons (Fsp3) is 0.250. The second-order valence-corrected chi connectivity index (χ2v) is 4.96. The van der Waals surface area contributed by atoms with Crippen LogP contribution in [0.4, 0.5) is 0 Å². The molecule has 0 aliphatic rings. The van der Waals surface area contributed by atoms with Gasteiger partial charge in [-0.2, -0.15) is 5.10 Å². The molecule has 0 spiro atoms. The standard InChI is InChI=1S/C16H21N5.HI/c1-13(2)10-19-16(17)18-9-8-14-11-20-21(12-14)15-6-4-3-5-7-15;/h3-7,11-12H,1,8-10H2,2H3,(H3,17,18,19);1H. The number of nitrogens with two attached hydrogens (primary N) is 1. The topological polar surface area (TPSA) is 68.2 Å². The van der Waals surface area contributed by atoms with Crippen LogP contribution < -0.4 is 11.1 Å². The first-order valence-corrected chi connectivity index (χ1v) is 6.92. The Morgan fingerprint density at radius 1 is 1.36 bits per heavy atom. The van der Waals surface area contributed by atoms with E-state index in [1.165, 1.54) is 0 Å². The minimum Gasteiger partial charge on any atom is -0.370 e. The van der Waals surface area contributed by atoms with Crippen molar-refractivity contribution in [2.75, 3.05) is 13.1 Å². The molecule has 2 rings (SSSR count). The van der Waals surface area contributed by atoms with E-state index in [1.807, 2.05) is 54.3 Å². The zero-order chi connectivity index (χ0) is 15.1. The smallest absolute Gasteiger partial charge is 0.188 e. The predicted octanol–water partition coefficient (Wildman–Crippen LogP) is 2.51. The van der Waals surface area contributed by atoms with Crippen molar-refractivity contribution in [3.05, 3.63) is 60.4 Å². The van der Waals surface area contributed by atoms with Gasteiger partial charge in [0.1, 0.15) is 0 Å². The van der Waals surface area contributed by atoms with E-state index in [-0.39, 0.29) is 24.0 Å². The van der Waals surface area contributed by atoms with Crippen LogP contribution >= 0.6 is 24.0 Å². The van der Waals surface area contributed by atoms with Gasteiger partial charge >= 0.3 is 0 Å². The molecule has 0 fully saturated rings. The highest BCUT2D eigenvalue weighted by Crippen LogP contribution is 2.07. The minimum absolute atomic E-state index is 0. The lowest BCUT2D eigenvalue weighted by Crippen LogP contribution is -2.33. The van der Waals surface area contributed by atoms with E-state index >= 15 is 0 Å². The number of para-hydroxylation sites is 1. The fourth-order valence-corrected chi connectivity index (χ4v) is 1.82. The van der Waals surface area contributed by atoms with Crippen molar-refractivity contribution in [2.45, 2.75) is 13.3 Å². The highest BCUT2D eigenvalue weighted by molar-refractivity contribution is 14.0. The quantitative estimate of drug-likeness (QED) is 0.332. The van der Waals surface area contributed by atoms with E-state index in [4.69, 9.17) is 5.73 Å². The maximum atomic E-state index is 5.76. The molecule has 1 aromatic carbocycles. The number of guanidine groups is 1. The third-order valence-electron chi connectivity index (χ3n) is 2.90. The number of hydrogen-bond acceptors (Lipinski definition) is 2. The van der Waals surface area contributed by atoms with Gasteiger partial charge in [-0.25, -0.2) is 9.67 Å². The summed E-state index contributed by atoms with van der Waals surface area (Å²) >= 11 is 0. The summed E-state index contributed by atoms with van der Waals surface area (Å²) in [6.45, 7) is 7.00. The van der Waals surface area contributed by atoms with Crippen LogP contribution in [0.25, 0.3) is 5.69 Å². The number of aromatic nitrogens is 2. The van der Waals surface area contributed by atoms with Gasteiger partial charge in [-0.1, -0.05) is 30.4 Å². The monoisotopic (exact) mass is 411 g/mol. The van der Waals surface area contributed by atoms with Crippen molar-refractivity contribution >= 4 is 29.9 Å². The van der Waals surface area contributed by atoms with Crippen molar-refractivity contribution in [3.8, 4) is 5.69 Å². The molecule has 6 heteroatoms. The largest absolute Gasteiger partial charge is 0.370 e. The second-order valence-electron chi connectivity index (χ2n) is 4.96. The molecule has 0 radical (unpaired) electrons. The summed E-state index contributed by atoms with van der Waals surface area (Å²) in [7, 11) is 0. The summed E-state index contributed by atoms with van der Waals surface area (Å²) in [5.41, 5.74) is 8.96. The Morgan fingerprint density at radius 3 is 2.77 bits per heavy atom. The maximum Gasteiger partial charge on any atom is 0.188 e. The Kier molecular flexibility index (Phi) is 7.65. The SMILES string of the molecule is C=C(C)CN=C(N)NCCc1cnn(-c2ccccc2)c1.I. The molecule has 0 saturated heterocycles. The normalized spacial score (nSPS) is 10.9. The van der Waals surface area contributed by atoms with Gasteiger partial charge in [-0.15, -0.1) is 24.0 Å². The van der Waals surface area contributed by atoms with Crippen LogP contribution in [0.5, 0.6) is 0 Å². The van der Waals surface area contributed by atoms with Gasteiger partial charge in [-0.05, 0) is 31.0 Å². The summed E-state index contributed by atoms with van der Waals surface area (Å²) in [5.74, 6) is 0.452. The Hall–Kier alpha value is -1.83. The first-order chi connectivity index (χ1) is 10.1. The van der Waals surface area contributed by atoms with Crippen molar-refractivity contribution in [2.24, 2.45) is 10.7 Å². The van der Waals surface area contributed by atoms with E-state index in [0.29, 0.717) is 12.5 Å². The fourth-order valence-electron chi connectivity index (χ4n) is 1.82. The Morgan fingerprint density at radius 2 is 2.09 bits per heavy atom. The summed E-state index contributed by atoms with van der Waals surface area (Å²) in [5, 5.41) is 7.44. The van der Waals surface area contributed by atoms with Crippen LogP contribution in [0.2, 0.25) is 0 Å². The molecule has 5 nitrogen and oxygen atoms in total. The summed E-state index contributed by atoms with van der Waals surface area (Å²) < 4.78 is 1.87. The van der Waals surface area contributed by atoms with Gasteiger partial charge in [-0.3, -0.25) is 0 Å². The molecule has 2 aromatic rings. The molecule has 0 aliphatic heterocycles. The lowest BCUT2D eigenvalue weighted by Gasteiger charge is -2.04. The molecular formula is C16H22IN5. The van der Waals surface area contributed by atoms with Crippen molar-refractivity contribution in [1.29, 1.82) is 0 Å².